The summed E-state index contributed by atoms with van der Waals surface area (Å²) in [5.74, 6) is -3.47. The van der Waals surface area contributed by atoms with Gasteiger partial charge < -0.3 is 5.11 Å². The molecule has 0 aromatic carbocycles. The highest BCUT2D eigenvalue weighted by Crippen LogP contribution is 2.39. The quantitative estimate of drug-likeness (QED) is 0.308. The summed E-state index contributed by atoms with van der Waals surface area (Å²) in [6.07, 6.45) is 13.2. The standard InChI is InChI=1S/C22H32F2O2/c1-4-5-10-14-22(23,24)15-13-20-18(3)16-17(2)19(20)11-8-6-7-9-12-21(25)26/h6,8,13,15-16,19-20H,2,4-5,7,9-12,14H2,1,3H3,(H,25,26)/b8-6-,15-13+/t19-,20-/m0/s1. The molecular formula is C22H32F2O2. The van der Waals surface area contributed by atoms with Gasteiger partial charge in [0, 0.05) is 18.8 Å². The van der Waals surface area contributed by atoms with E-state index in [2.05, 4.69) is 6.58 Å². The Balaban J connectivity index is 2.59. The third-order valence-corrected chi connectivity index (χ3v) is 4.83. The zero-order valence-corrected chi connectivity index (χ0v) is 16.0. The van der Waals surface area contributed by atoms with E-state index in [1.807, 2.05) is 32.1 Å². The monoisotopic (exact) mass is 366 g/mol. The third kappa shape index (κ3) is 8.11. The van der Waals surface area contributed by atoms with Crippen LogP contribution in [0.3, 0.4) is 0 Å². The highest BCUT2D eigenvalue weighted by atomic mass is 19.3. The number of carbonyl (C=O) groups is 1. The molecule has 1 aliphatic rings. The number of hydrogen-bond acceptors (Lipinski definition) is 1. The second-order valence-electron chi connectivity index (χ2n) is 7.17. The molecule has 4 heteroatoms. The van der Waals surface area contributed by atoms with E-state index >= 15 is 0 Å². The van der Waals surface area contributed by atoms with Gasteiger partial charge in [-0.25, -0.2) is 8.78 Å². The number of alkyl halides is 2. The lowest BCUT2D eigenvalue weighted by Gasteiger charge is -2.19. The van der Waals surface area contributed by atoms with E-state index in [0.717, 1.165) is 36.5 Å². The minimum absolute atomic E-state index is 0.0387. The fourth-order valence-electron chi connectivity index (χ4n) is 3.30. The Bertz CT molecular complexity index is 558. The molecule has 0 bridgehead atoms. The maximum Gasteiger partial charge on any atom is 0.303 e. The van der Waals surface area contributed by atoms with Crippen molar-refractivity contribution in [2.45, 2.75) is 71.1 Å². The Kier molecular flexibility index (Phi) is 9.53. The molecular weight excluding hydrogens is 334 g/mol. The van der Waals surface area contributed by atoms with Crippen molar-refractivity contribution in [2.24, 2.45) is 11.8 Å². The van der Waals surface area contributed by atoms with Gasteiger partial charge >= 0.3 is 5.97 Å². The first-order chi connectivity index (χ1) is 12.3. The summed E-state index contributed by atoms with van der Waals surface area (Å²) in [6.45, 7) is 8.04. The van der Waals surface area contributed by atoms with Gasteiger partial charge in [0.2, 0.25) is 0 Å². The predicted molar refractivity (Wildman–Crippen MR) is 103 cm³/mol. The first kappa shape index (κ1) is 22.3. The number of allylic oxidation sites excluding steroid dienone is 7. The highest BCUT2D eigenvalue weighted by molar-refractivity contribution is 5.66. The molecule has 1 rings (SSSR count). The van der Waals surface area contributed by atoms with Gasteiger partial charge in [0.05, 0.1) is 0 Å². The number of carboxylic acid groups (broad SMARTS) is 1. The molecule has 1 N–H and O–H groups in total. The van der Waals surface area contributed by atoms with Crippen molar-refractivity contribution < 1.29 is 18.7 Å². The Labute approximate surface area is 156 Å². The molecule has 0 heterocycles. The fourth-order valence-corrected chi connectivity index (χ4v) is 3.30. The molecule has 0 radical (unpaired) electrons. The Morgan fingerprint density at radius 3 is 2.69 bits per heavy atom. The third-order valence-electron chi connectivity index (χ3n) is 4.83. The zero-order valence-electron chi connectivity index (χ0n) is 16.0. The molecule has 0 spiro atoms. The van der Waals surface area contributed by atoms with Gasteiger partial charge in [-0.15, -0.1) is 0 Å². The smallest absolute Gasteiger partial charge is 0.303 e. The van der Waals surface area contributed by atoms with E-state index in [1.165, 1.54) is 0 Å². The molecule has 0 saturated carbocycles. The summed E-state index contributed by atoms with van der Waals surface area (Å²) in [4.78, 5) is 10.5. The van der Waals surface area contributed by atoms with Gasteiger partial charge in [0.15, 0.2) is 0 Å². The van der Waals surface area contributed by atoms with E-state index in [4.69, 9.17) is 5.11 Å². The predicted octanol–water partition coefficient (Wildman–Crippen LogP) is 6.71. The Hall–Kier alpha value is -1.71. The van der Waals surface area contributed by atoms with Crippen molar-refractivity contribution >= 4 is 5.97 Å². The van der Waals surface area contributed by atoms with E-state index in [9.17, 15) is 13.6 Å². The van der Waals surface area contributed by atoms with Gasteiger partial charge in [0.1, 0.15) is 0 Å². The number of unbranched alkanes of at least 4 members (excludes halogenated alkanes) is 3. The minimum atomic E-state index is -2.75. The van der Waals surface area contributed by atoms with E-state index in [-0.39, 0.29) is 24.7 Å². The number of halogens is 2. The lowest BCUT2D eigenvalue weighted by Crippen LogP contribution is -2.14. The van der Waals surface area contributed by atoms with Crippen molar-refractivity contribution in [3.63, 3.8) is 0 Å². The Morgan fingerprint density at radius 1 is 1.31 bits per heavy atom. The summed E-state index contributed by atoms with van der Waals surface area (Å²) in [6, 6.07) is 0. The molecule has 1 aliphatic carbocycles. The van der Waals surface area contributed by atoms with Gasteiger partial charge in [-0.05, 0) is 44.6 Å². The zero-order chi connectivity index (χ0) is 19.6. The number of hydrogen-bond donors (Lipinski definition) is 1. The van der Waals surface area contributed by atoms with Crippen LogP contribution in [0.25, 0.3) is 0 Å². The van der Waals surface area contributed by atoms with Gasteiger partial charge in [-0.3, -0.25) is 4.79 Å². The fraction of sp³-hybridized carbons (Fsp3) is 0.591. The number of aliphatic carboxylic acids is 1. The highest BCUT2D eigenvalue weighted by Gasteiger charge is 2.30. The van der Waals surface area contributed by atoms with Gasteiger partial charge in [-0.1, -0.05) is 61.8 Å². The topological polar surface area (TPSA) is 37.3 Å². The maximum atomic E-state index is 14.0. The lowest BCUT2D eigenvalue weighted by molar-refractivity contribution is -0.137. The van der Waals surface area contributed by atoms with Crippen molar-refractivity contribution in [1.82, 2.24) is 0 Å². The average molecular weight is 366 g/mol. The van der Waals surface area contributed by atoms with Crippen LogP contribution < -0.4 is 0 Å². The van der Waals surface area contributed by atoms with Gasteiger partial charge in [-0.2, -0.15) is 0 Å². The molecule has 0 saturated heterocycles. The summed E-state index contributed by atoms with van der Waals surface area (Å²) in [7, 11) is 0. The Morgan fingerprint density at radius 2 is 2.04 bits per heavy atom. The minimum Gasteiger partial charge on any atom is -0.481 e. The molecule has 2 atom stereocenters. The molecule has 0 unspecified atom stereocenters. The van der Waals surface area contributed by atoms with E-state index in [0.29, 0.717) is 19.3 Å². The van der Waals surface area contributed by atoms with Crippen LogP contribution in [0.1, 0.15) is 65.2 Å². The summed E-state index contributed by atoms with van der Waals surface area (Å²) < 4.78 is 28.0. The largest absolute Gasteiger partial charge is 0.481 e. The number of rotatable bonds is 12. The van der Waals surface area contributed by atoms with Crippen LogP contribution in [0, 0.1) is 11.8 Å². The molecule has 0 aromatic heterocycles. The van der Waals surface area contributed by atoms with Gasteiger partial charge in [0.25, 0.3) is 5.92 Å². The molecule has 0 amide bonds. The first-order valence-electron chi connectivity index (χ1n) is 9.57. The van der Waals surface area contributed by atoms with Crippen LogP contribution in [0.4, 0.5) is 8.78 Å². The van der Waals surface area contributed by atoms with E-state index < -0.39 is 11.9 Å². The van der Waals surface area contributed by atoms with Crippen molar-refractivity contribution in [3.8, 4) is 0 Å². The molecule has 146 valence electrons. The molecule has 26 heavy (non-hydrogen) atoms. The van der Waals surface area contributed by atoms with Crippen molar-refractivity contribution in [1.29, 1.82) is 0 Å². The molecule has 2 nitrogen and oxygen atoms in total. The van der Waals surface area contributed by atoms with Crippen LogP contribution in [-0.4, -0.2) is 17.0 Å². The number of carboxylic acids is 1. The molecule has 0 aromatic rings. The van der Waals surface area contributed by atoms with Crippen molar-refractivity contribution in [3.05, 3.63) is 48.1 Å². The summed E-state index contributed by atoms with van der Waals surface area (Å²) in [5, 5.41) is 8.62. The van der Waals surface area contributed by atoms with Crippen LogP contribution in [0.2, 0.25) is 0 Å². The molecule has 0 fully saturated rings. The van der Waals surface area contributed by atoms with Crippen LogP contribution in [-0.2, 0) is 4.79 Å². The second kappa shape index (κ2) is 11.1. The summed E-state index contributed by atoms with van der Waals surface area (Å²) >= 11 is 0. The van der Waals surface area contributed by atoms with Crippen LogP contribution in [0.5, 0.6) is 0 Å². The van der Waals surface area contributed by atoms with E-state index in [1.54, 1.807) is 6.08 Å². The normalized spacial score (nSPS) is 21.1. The summed E-state index contributed by atoms with van der Waals surface area (Å²) in [5.41, 5.74) is 2.04. The first-order valence-corrected chi connectivity index (χ1v) is 9.57. The van der Waals surface area contributed by atoms with Crippen molar-refractivity contribution in [2.75, 3.05) is 0 Å². The second-order valence-corrected chi connectivity index (χ2v) is 7.17. The lowest BCUT2D eigenvalue weighted by atomic mass is 9.86. The maximum absolute atomic E-state index is 14.0. The van der Waals surface area contributed by atoms with Crippen LogP contribution >= 0.6 is 0 Å². The average Bonchev–Trinajstić information content (AvgIpc) is 2.82. The molecule has 0 aliphatic heterocycles. The SMILES string of the molecule is C=C1C=C(C)[C@H](/C=C/C(F)(F)CCCCC)[C@H]1C/C=C\CCCC(=O)O. The van der Waals surface area contributed by atoms with Crippen LogP contribution in [0.15, 0.2) is 48.1 Å².